The highest BCUT2D eigenvalue weighted by atomic mass is 16.5. The van der Waals surface area contributed by atoms with Gasteiger partial charge in [0, 0.05) is 45.8 Å². The van der Waals surface area contributed by atoms with E-state index in [0.717, 1.165) is 31.8 Å². The molecule has 1 heterocycles. The first kappa shape index (κ1) is 14.7. The summed E-state index contributed by atoms with van der Waals surface area (Å²) in [6.45, 7) is 2.73. The lowest BCUT2D eigenvalue weighted by Crippen LogP contribution is -2.24. The number of nitrogens with two attached hydrogens (primary N) is 1. The third kappa shape index (κ3) is 3.04. The smallest absolute Gasteiger partial charge is 0.253 e. The van der Waals surface area contributed by atoms with E-state index in [4.69, 9.17) is 10.5 Å². The molecule has 1 amide bonds. The number of ether oxygens (including phenoxy) is 1. The Morgan fingerprint density at radius 1 is 1.50 bits per heavy atom. The summed E-state index contributed by atoms with van der Waals surface area (Å²) >= 11 is 0. The van der Waals surface area contributed by atoms with Gasteiger partial charge < -0.3 is 20.3 Å². The second-order valence-corrected chi connectivity index (χ2v) is 5.53. The molecule has 1 unspecified atom stereocenters. The standard InChI is InChI=1S/C15H23N3O2/c1-17(2)15(19)12-4-5-14(13(16)8-12)18-7-6-11(9-18)10-20-3/h4-5,8,11H,6-7,9-10,16H2,1-3H3. The summed E-state index contributed by atoms with van der Waals surface area (Å²) in [4.78, 5) is 15.7. The summed E-state index contributed by atoms with van der Waals surface area (Å²) in [7, 11) is 5.21. The molecule has 0 aromatic heterocycles. The van der Waals surface area contributed by atoms with Crippen molar-refractivity contribution in [3.8, 4) is 0 Å². The van der Waals surface area contributed by atoms with Crippen LogP contribution in [-0.2, 0) is 4.74 Å². The molecule has 1 atom stereocenters. The van der Waals surface area contributed by atoms with E-state index >= 15 is 0 Å². The number of hydrogen-bond acceptors (Lipinski definition) is 4. The monoisotopic (exact) mass is 277 g/mol. The molecule has 0 bridgehead atoms. The summed E-state index contributed by atoms with van der Waals surface area (Å²) in [5, 5.41) is 0. The molecule has 1 fully saturated rings. The Balaban J connectivity index is 2.13. The van der Waals surface area contributed by atoms with E-state index in [9.17, 15) is 4.79 Å². The normalized spacial score (nSPS) is 18.4. The Morgan fingerprint density at radius 2 is 2.25 bits per heavy atom. The number of carbonyl (C=O) groups is 1. The molecule has 0 saturated carbocycles. The van der Waals surface area contributed by atoms with Crippen molar-refractivity contribution >= 4 is 17.3 Å². The van der Waals surface area contributed by atoms with Crippen molar-refractivity contribution in [3.63, 3.8) is 0 Å². The van der Waals surface area contributed by atoms with Crippen LogP contribution in [0.3, 0.4) is 0 Å². The van der Waals surface area contributed by atoms with Crippen LogP contribution < -0.4 is 10.6 Å². The van der Waals surface area contributed by atoms with Crippen molar-refractivity contribution in [2.75, 3.05) is 51.5 Å². The van der Waals surface area contributed by atoms with Crippen LogP contribution in [0.1, 0.15) is 16.8 Å². The first-order valence-electron chi connectivity index (χ1n) is 6.88. The molecule has 110 valence electrons. The fourth-order valence-electron chi connectivity index (χ4n) is 2.66. The topological polar surface area (TPSA) is 58.8 Å². The number of benzene rings is 1. The summed E-state index contributed by atoms with van der Waals surface area (Å²) in [6.07, 6.45) is 1.12. The lowest BCUT2D eigenvalue weighted by molar-refractivity contribution is 0.0827. The number of nitrogen functional groups attached to an aromatic ring is 1. The number of amides is 1. The molecule has 2 rings (SSSR count). The molecule has 20 heavy (non-hydrogen) atoms. The first-order valence-corrected chi connectivity index (χ1v) is 6.88. The van der Waals surface area contributed by atoms with Crippen LogP contribution in [0.25, 0.3) is 0 Å². The predicted octanol–water partition coefficient (Wildman–Crippen LogP) is 1.44. The zero-order valence-corrected chi connectivity index (χ0v) is 12.4. The van der Waals surface area contributed by atoms with Crippen molar-refractivity contribution in [3.05, 3.63) is 23.8 Å². The molecule has 0 spiro atoms. The van der Waals surface area contributed by atoms with E-state index in [0.29, 0.717) is 17.2 Å². The summed E-state index contributed by atoms with van der Waals surface area (Å²) in [6, 6.07) is 5.56. The van der Waals surface area contributed by atoms with Crippen LogP contribution >= 0.6 is 0 Å². The van der Waals surface area contributed by atoms with Crippen molar-refractivity contribution < 1.29 is 9.53 Å². The van der Waals surface area contributed by atoms with Gasteiger partial charge in [-0.3, -0.25) is 4.79 Å². The average molecular weight is 277 g/mol. The van der Waals surface area contributed by atoms with E-state index in [1.54, 1.807) is 32.2 Å². The fourth-order valence-corrected chi connectivity index (χ4v) is 2.66. The molecular weight excluding hydrogens is 254 g/mol. The molecule has 2 N–H and O–H groups in total. The van der Waals surface area contributed by atoms with E-state index in [1.165, 1.54) is 0 Å². The van der Waals surface area contributed by atoms with Gasteiger partial charge in [-0.15, -0.1) is 0 Å². The lowest BCUT2D eigenvalue weighted by atomic mass is 10.1. The maximum absolute atomic E-state index is 11.9. The first-order chi connectivity index (χ1) is 9.52. The minimum absolute atomic E-state index is 0.0260. The van der Waals surface area contributed by atoms with Crippen LogP contribution in [0.15, 0.2) is 18.2 Å². The maximum atomic E-state index is 11.9. The Hall–Kier alpha value is -1.75. The van der Waals surface area contributed by atoms with Gasteiger partial charge in [-0.05, 0) is 24.6 Å². The molecule has 0 radical (unpaired) electrons. The Labute approximate surface area is 120 Å². The van der Waals surface area contributed by atoms with Crippen LogP contribution in [0.5, 0.6) is 0 Å². The van der Waals surface area contributed by atoms with Gasteiger partial charge in [0.05, 0.1) is 18.0 Å². The second-order valence-electron chi connectivity index (χ2n) is 5.53. The summed E-state index contributed by atoms with van der Waals surface area (Å²) in [5.74, 6) is 0.532. The highest BCUT2D eigenvalue weighted by Crippen LogP contribution is 2.29. The van der Waals surface area contributed by atoms with Gasteiger partial charge >= 0.3 is 0 Å². The van der Waals surface area contributed by atoms with E-state index < -0.39 is 0 Å². The second kappa shape index (κ2) is 6.13. The van der Waals surface area contributed by atoms with E-state index in [-0.39, 0.29) is 5.91 Å². The van der Waals surface area contributed by atoms with E-state index in [1.807, 2.05) is 12.1 Å². The SMILES string of the molecule is COCC1CCN(c2ccc(C(=O)N(C)C)cc2N)C1. The molecule has 1 saturated heterocycles. The molecule has 1 aliphatic rings. The number of carbonyl (C=O) groups excluding carboxylic acids is 1. The average Bonchev–Trinajstić information content (AvgIpc) is 2.86. The maximum Gasteiger partial charge on any atom is 0.253 e. The molecule has 5 nitrogen and oxygen atoms in total. The van der Waals surface area contributed by atoms with Gasteiger partial charge in [-0.1, -0.05) is 0 Å². The van der Waals surface area contributed by atoms with Gasteiger partial charge in [-0.2, -0.15) is 0 Å². The zero-order chi connectivity index (χ0) is 14.7. The van der Waals surface area contributed by atoms with Crippen LogP contribution in [0, 0.1) is 5.92 Å². The fraction of sp³-hybridized carbons (Fsp3) is 0.533. The molecule has 1 aromatic carbocycles. The molecule has 1 aromatic rings. The zero-order valence-electron chi connectivity index (χ0n) is 12.4. The minimum atomic E-state index is -0.0260. The number of anilines is 2. The van der Waals surface area contributed by atoms with Gasteiger partial charge in [0.15, 0.2) is 0 Å². The number of rotatable bonds is 4. The van der Waals surface area contributed by atoms with Crippen LogP contribution in [0.2, 0.25) is 0 Å². The minimum Gasteiger partial charge on any atom is -0.397 e. The largest absolute Gasteiger partial charge is 0.397 e. The van der Waals surface area contributed by atoms with Crippen LogP contribution in [0.4, 0.5) is 11.4 Å². The highest BCUT2D eigenvalue weighted by Gasteiger charge is 2.24. The number of nitrogens with zero attached hydrogens (tertiary/aromatic N) is 2. The highest BCUT2D eigenvalue weighted by molar-refractivity contribution is 5.95. The molecular formula is C15H23N3O2. The number of methoxy groups -OCH3 is 1. The quantitative estimate of drug-likeness (QED) is 0.846. The van der Waals surface area contributed by atoms with Crippen molar-refractivity contribution in [1.82, 2.24) is 4.90 Å². The number of hydrogen-bond donors (Lipinski definition) is 1. The Kier molecular flexibility index (Phi) is 4.49. The van der Waals surface area contributed by atoms with Crippen molar-refractivity contribution in [2.45, 2.75) is 6.42 Å². The van der Waals surface area contributed by atoms with E-state index in [2.05, 4.69) is 4.90 Å². The third-order valence-corrected chi connectivity index (χ3v) is 3.71. The molecule has 0 aliphatic carbocycles. The third-order valence-electron chi connectivity index (χ3n) is 3.71. The van der Waals surface area contributed by atoms with Crippen molar-refractivity contribution in [1.29, 1.82) is 0 Å². The van der Waals surface area contributed by atoms with Crippen LogP contribution in [-0.4, -0.2) is 51.7 Å². The van der Waals surface area contributed by atoms with Gasteiger partial charge in [0.2, 0.25) is 0 Å². The van der Waals surface area contributed by atoms with Crippen molar-refractivity contribution in [2.24, 2.45) is 5.92 Å². The lowest BCUT2D eigenvalue weighted by Gasteiger charge is -2.21. The Morgan fingerprint density at radius 3 is 2.85 bits per heavy atom. The van der Waals surface area contributed by atoms with Gasteiger partial charge in [-0.25, -0.2) is 0 Å². The Bertz CT molecular complexity index is 488. The van der Waals surface area contributed by atoms with Gasteiger partial charge in [0.1, 0.15) is 0 Å². The molecule has 5 heteroatoms. The summed E-state index contributed by atoms with van der Waals surface area (Å²) < 4.78 is 5.21. The molecule has 1 aliphatic heterocycles. The summed E-state index contributed by atoms with van der Waals surface area (Å²) in [5.41, 5.74) is 8.42. The predicted molar refractivity (Wildman–Crippen MR) is 81.1 cm³/mol. The van der Waals surface area contributed by atoms with Gasteiger partial charge in [0.25, 0.3) is 5.91 Å².